The zero-order chi connectivity index (χ0) is 30.5. The molecule has 9 heteroatoms. The molecule has 0 unspecified atom stereocenters. The summed E-state index contributed by atoms with van der Waals surface area (Å²) in [7, 11) is 0. The van der Waals surface area contributed by atoms with Crippen molar-refractivity contribution < 1.29 is 19.0 Å². The number of rotatable bonds is 10. The van der Waals surface area contributed by atoms with Gasteiger partial charge in [-0.2, -0.15) is 0 Å². The van der Waals surface area contributed by atoms with Gasteiger partial charge in [0.15, 0.2) is 16.3 Å². The average molecular weight is 598 g/mol. The molecule has 0 spiro atoms. The Hall–Kier alpha value is -4.63. The van der Waals surface area contributed by atoms with E-state index >= 15 is 0 Å². The fourth-order valence-electron chi connectivity index (χ4n) is 4.95. The van der Waals surface area contributed by atoms with Crippen molar-refractivity contribution in [1.29, 1.82) is 0 Å². The van der Waals surface area contributed by atoms with E-state index in [0.29, 0.717) is 56.8 Å². The third-order valence-electron chi connectivity index (χ3n) is 6.73. The summed E-state index contributed by atoms with van der Waals surface area (Å²) < 4.78 is 19.5. The molecule has 43 heavy (non-hydrogen) atoms. The topological polar surface area (TPSA) is 91.2 Å². The molecule has 1 aromatic heterocycles. The molecule has 1 amide bonds. The van der Waals surface area contributed by atoms with Crippen molar-refractivity contribution in [3.63, 3.8) is 0 Å². The lowest BCUT2D eigenvalue weighted by atomic mass is 9.95. The Morgan fingerprint density at radius 1 is 1.00 bits per heavy atom. The second kappa shape index (κ2) is 13.1. The number of nitrogens with zero attached hydrogens (tertiary/aromatic N) is 2. The molecular weight excluding hydrogens is 562 g/mol. The van der Waals surface area contributed by atoms with Crippen molar-refractivity contribution in [2.24, 2.45) is 4.99 Å². The van der Waals surface area contributed by atoms with Gasteiger partial charge in [-0.25, -0.2) is 4.99 Å². The summed E-state index contributed by atoms with van der Waals surface area (Å²) >= 11 is 1.29. The van der Waals surface area contributed by atoms with E-state index in [1.807, 2.05) is 107 Å². The number of ether oxygens (including phenoxy) is 3. The van der Waals surface area contributed by atoms with Crippen LogP contribution in [0.5, 0.6) is 17.2 Å². The number of para-hydroxylation sites is 1. The Labute approximate surface area is 254 Å². The minimum atomic E-state index is -0.682. The van der Waals surface area contributed by atoms with Gasteiger partial charge in [0, 0.05) is 5.69 Å². The van der Waals surface area contributed by atoms with Gasteiger partial charge in [0.25, 0.3) is 11.5 Å². The van der Waals surface area contributed by atoms with E-state index in [1.54, 1.807) is 11.5 Å². The summed E-state index contributed by atoms with van der Waals surface area (Å²) in [5, 5.41) is 2.98. The standard InChI is InChI=1S/C34H35N3O5S/c1-6-40-26-16-14-24(15-17-26)31-30(32(38)36-25-11-9-8-10-12-25)22(5)35-34-37(31)33(39)29(43-34)20-23-13-18-27(42-21(3)4)28(19-23)41-7-2/h8-21,31H,6-7H2,1-5H3,(H,36,38)/b29-20-/t31-/m1/s1. The second-order valence-electron chi connectivity index (χ2n) is 10.2. The first kappa shape index (κ1) is 29.8. The molecule has 1 atom stereocenters. The van der Waals surface area contributed by atoms with Gasteiger partial charge in [-0.1, -0.05) is 47.7 Å². The van der Waals surface area contributed by atoms with Crippen molar-refractivity contribution in [2.45, 2.75) is 46.8 Å². The van der Waals surface area contributed by atoms with E-state index in [1.165, 1.54) is 11.3 Å². The Morgan fingerprint density at radius 3 is 2.40 bits per heavy atom. The molecule has 1 aliphatic rings. The van der Waals surface area contributed by atoms with Gasteiger partial charge in [-0.05, 0) is 88.2 Å². The molecule has 0 bridgehead atoms. The molecular formula is C34H35N3O5S. The smallest absolute Gasteiger partial charge is 0.271 e. The molecule has 0 saturated carbocycles. The molecule has 0 saturated heterocycles. The fourth-order valence-corrected chi connectivity index (χ4v) is 5.99. The lowest BCUT2D eigenvalue weighted by Gasteiger charge is -2.25. The number of hydrogen-bond donors (Lipinski definition) is 1. The first-order valence-electron chi connectivity index (χ1n) is 14.3. The van der Waals surface area contributed by atoms with Crippen molar-refractivity contribution in [3.05, 3.63) is 115 Å². The van der Waals surface area contributed by atoms with E-state index in [2.05, 4.69) is 5.32 Å². The first-order valence-corrected chi connectivity index (χ1v) is 15.2. The van der Waals surface area contributed by atoms with Crippen LogP contribution >= 0.6 is 11.3 Å². The van der Waals surface area contributed by atoms with Crippen LogP contribution in [0.1, 0.15) is 51.8 Å². The highest BCUT2D eigenvalue weighted by Gasteiger charge is 2.32. The number of carbonyl (C=O) groups is 1. The zero-order valence-electron chi connectivity index (χ0n) is 24.9. The second-order valence-corrected chi connectivity index (χ2v) is 11.2. The number of fused-ring (bicyclic) bond motifs is 1. The SMILES string of the molecule is CCOc1ccc([C@@H]2C(C(=O)Nc3ccccc3)=C(C)N=c3s/c(=C\c4ccc(OC(C)C)c(OCC)c4)c(=O)n32)cc1. The first-order chi connectivity index (χ1) is 20.8. The molecule has 0 radical (unpaired) electrons. The fraction of sp³-hybridized carbons (Fsp3) is 0.265. The van der Waals surface area contributed by atoms with Crippen LogP contribution in [0.3, 0.4) is 0 Å². The number of thiazole rings is 1. The number of allylic oxidation sites excluding steroid dienone is 1. The maximum absolute atomic E-state index is 14.1. The largest absolute Gasteiger partial charge is 0.494 e. The minimum absolute atomic E-state index is 0.00660. The third-order valence-corrected chi connectivity index (χ3v) is 7.72. The average Bonchev–Trinajstić information content (AvgIpc) is 3.28. The Bertz CT molecular complexity index is 1820. The summed E-state index contributed by atoms with van der Waals surface area (Å²) in [5.74, 6) is 1.66. The molecule has 1 aliphatic heterocycles. The van der Waals surface area contributed by atoms with Crippen LogP contribution in [0.15, 0.2) is 93.9 Å². The van der Waals surface area contributed by atoms with E-state index in [0.717, 1.165) is 11.1 Å². The van der Waals surface area contributed by atoms with E-state index in [-0.39, 0.29) is 17.6 Å². The Kier molecular flexibility index (Phi) is 9.11. The van der Waals surface area contributed by atoms with Crippen molar-refractivity contribution >= 4 is 29.0 Å². The van der Waals surface area contributed by atoms with Crippen LogP contribution in [0.25, 0.3) is 6.08 Å². The molecule has 3 aromatic carbocycles. The maximum Gasteiger partial charge on any atom is 0.271 e. The normalized spacial score (nSPS) is 14.7. The predicted octanol–water partition coefficient (Wildman–Crippen LogP) is 5.46. The van der Waals surface area contributed by atoms with Crippen LogP contribution in [-0.4, -0.2) is 29.8 Å². The van der Waals surface area contributed by atoms with Gasteiger partial charge in [0.2, 0.25) is 0 Å². The molecule has 4 aromatic rings. The maximum atomic E-state index is 14.1. The number of amides is 1. The van der Waals surface area contributed by atoms with Gasteiger partial charge in [0.1, 0.15) is 5.75 Å². The van der Waals surface area contributed by atoms with Gasteiger partial charge >= 0.3 is 0 Å². The number of carbonyl (C=O) groups excluding carboxylic acids is 1. The number of nitrogens with one attached hydrogen (secondary N) is 1. The van der Waals surface area contributed by atoms with Crippen LogP contribution in [0.2, 0.25) is 0 Å². The van der Waals surface area contributed by atoms with Crippen molar-refractivity contribution in [1.82, 2.24) is 4.57 Å². The van der Waals surface area contributed by atoms with E-state index in [9.17, 15) is 9.59 Å². The predicted molar refractivity (Wildman–Crippen MR) is 170 cm³/mol. The molecule has 222 valence electrons. The summed E-state index contributed by atoms with van der Waals surface area (Å²) in [6.07, 6.45) is 1.82. The summed E-state index contributed by atoms with van der Waals surface area (Å²) in [6.45, 7) is 10.6. The number of hydrogen-bond acceptors (Lipinski definition) is 7. The van der Waals surface area contributed by atoms with Crippen LogP contribution in [0, 0.1) is 0 Å². The molecule has 2 heterocycles. The van der Waals surface area contributed by atoms with Crippen molar-refractivity contribution in [3.8, 4) is 17.2 Å². The molecule has 8 nitrogen and oxygen atoms in total. The Morgan fingerprint density at radius 2 is 1.72 bits per heavy atom. The minimum Gasteiger partial charge on any atom is -0.494 e. The third kappa shape index (κ3) is 6.57. The highest BCUT2D eigenvalue weighted by molar-refractivity contribution is 7.07. The highest BCUT2D eigenvalue weighted by Crippen LogP contribution is 2.32. The number of aromatic nitrogens is 1. The van der Waals surface area contributed by atoms with Crippen molar-refractivity contribution in [2.75, 3.05) is 18.5 Å². The van der Waals surface area contributed by atoms with Crippen LogP contribution in [0.4, 0.5) is 5.69 Å². The summed E-state index contributed by atoms with van der Waals surface area (Å²) in [5.41, 5.74) is 2.94. The monoisotopic (exact) mass is 597 g/mol. The van der Waals surface area contributed by atoms with E-state index < -0.39 is 6.04 Å². The summed E-state index contributed by atoms with van der Waals surface area (Å²) in [4.78, 5) is 33.1. The highest BCUT2D eigenvalue weighted by atomic mass is 32.1. The Balaban J connectivity index is 1.62. The number of anilines is 1. The van der Waals surface area contributed by atoms with Crippen LogP contribution in [-0.2, 0) is 4.79 Å². The van der Waals surface area contributed by atoms with Gasteiger partial charge in [0.05, 0.1) is 41.2 Å². The van der Waals surface area contributed by atoms with Crippen LogP contribution < -0.4 is 34.4 Å². The van der Waals surface area contributed by atoms with Gasteiger partial charge in [-0.15, -0.1) is 0 Å². The van der Waals surface area contributed by atoms with Gasteiger partial charge < -0.3 is 19.5 Å². The molecule has 5 rings (SSSR count). The molecule has 0 fully saturated rings. The van der Waals surface area contributed by atoms with E-state index in [4.69, 9.17) is 19.2 Å². The van der Waals surface area contributed by atoms with Gasteiger partial charge in [-0.3, -0.25) is 14.2 Å². The zero-order valence-corrected chi connectivity index (χ0v) is 25.7. The summed E-state index contributed by atoms with van der Waals surface area (Å²) in [6, 6.07) is 21.7. The number of benzene rings is 3. The molecule has 1 N–H and O–H groups in total. The molecule has 0 aliphatic carbocycles. The lowest BCUT2D eigenvalue weighted by molar-refractivity contribution is -0.113. The quantitative estimate of drug-likeness (QED) is 0.262. The lowest BCUT2D eigenvalue weighted by Crippen LogP contribution is -2.40.